The first-order valence-electron chi connectivity index (χ1n) is 5.62. The van der Waals surface area contributed by atoms with Crippen molar-refractivity contribution >= 4 is 15.9 Å². The number of nitrogens with one attached hydrogen (secondary N) is 2. The highest BCUT2D eigenvalue weighted by atomic mass is 32.2. The summed E-state index contributed by atoms with van der Waals surface area (Å²) in [4.78, 5) is 10.8. The molecule has 8 heteroatoms. The summed E-state index contributed by atoms with van der Waals surface area (Å²) >= 11 is 0. The van der Waals surface area contributed by atoms with E-state index in [0.717, 1.165) is 12.8 Å². The van der Waals surface area contributed by atoms with Crippen LogP contribution in [0.4, 0.5) is 8.78 Å². The molecule has 1 aromatic carbocycles. The van der Waals surface area contributed by atoms with Gasteiger partial charge in [0.15, 0.2) is 0 Å². The second-order valence-electron chi connectivity index (χ2n) is 4.27. The molecule has 1 aliphatic rings. The highest BCUT2D eigenvalue weighted by molar-refractivity contribution is 7.89. The molecule has 104 valence electrons. The lowest BCUT2D eigenvalue weighted by Crippen LogP contribution is -2.37. The van der Waals surface area contributed by atoms with Gasteiger partial charge in [-0.05, 0) is 25.0 Å². The van der Waals surface area contributed by atoms with E-state index in [0.29, 0.717) is 18.2 Å². The summed E-state index contributed by atoms with van der Waals surface area (Å²) < 4.78 is 51.3. The summed E-state index contributed by atoms with van der Waals surface area (Å²) in [6.07, 6.45) is 1.77. The minimum atomic E-state index is -4.11. The minimum absolute atomic E-state index is 0.114. The topological polar surface area (TPSA) is 75.3 Å². The molecule has 1 amide bonds. The Bertz CT molecular complexity index is 580. The van der Waals surface area contributed by atoms with Crippen LogP contribution in [-0.4, -0.2) is 26.9 Å². The van der Waals surface area contributed by atoms with E-state index in [1.54, 1.807) is 0 Å². The fourth-order valence-electron chi connectivity index (χ4n) is 1.43. The van der Waals surface area contributed by atoms with Gasteiger partial charge in [-0.2, -0.15) is 0 Å². The molecule has 0 bridgehead atoms. The van der Waals surface area contributed by atoms with Gasteiger partial charge in [0.1, 0.15) is 11.6 Å². The molecule has 0 spiro atoms. The molecule has 0 heterocycles. The van der Waals surface area contributed by atoms with E-state index in [9.17, 15) is 22.0 Å². The van der Waals surface area contributed by atoms with Crippen molar-refractivity contribution in [1.82, 2.24) is 10.0 Å². The fourth-order valence-corrected chi connectivity index (χ4v) is 2.46. The number of sulfonamides is 1. The lowest BCUT2D eigenvalue weighted by Gasteiger charge is -2.07. The van der Waals surface area contributed by atoms with Crippen LogP contribution >= 0.6 is 0 Å². The molecule has 0 aliphatic heterocycles. The summed E-state index contributed by atoms with van der Waals surface area (Å²) in [7, 11) is -4.11. The van der Waals surface area contributed by atoms with Crippen LogP contribution in [0.1, 0.15) is 12.8 Å². The van der Waals surface area contributed by atoms with E-state index < -0.39 is 39.0 Å². The van der Waals surface area contributed by atoms with Crippen molar-refractivity contribution in [1.29, 1.82) is 0 Å². The number of carbonyl (C=O) groups is 1. The van der Waals surface area contributed by atoms with Gasteiger partial charge in [0, 0.05) is 12.1 Å². The zero-order valence-electron chi connectivity index (χ0n) is 9.82. The van der Waals surface area contributed by atoms with E-state index in [1.807, 2.05) is 4.72 Å². The lowest BCUT2D eigenvalue weighted by molar-refractivity contribution is -0.120. The number of hydrogen-bond acceptors (Lipinski definition) is 3. The number of rotatable bonds is 5. The third-order valence-electron chi connectivity index (χ3n) is 2.51. The molecule has 2 rings (SSSR count). The molecule has 1 aromatic rings. The van der Waals surface area contributed by atoms with Crippen LogP contribution in [0.3, 0.4) is 0 Å². The van der Waals surface area contributed by atoms with Gasteiger partial charge >= 0.3 is 0 Å². The summed E-state index contributed by atoms with van der Waals surface area (Å²) in [6.45, 7) is -0.461. The summed E-state index contributed by atoms with van der Waals surface area (Å²) in [5, 5.41) is 2.59. The Balaban J connectivity index is 2.02. The smallest absolute Gasteiger partial charge is 0.241 e. The second kappa shape index (κ2) is 5.22. The molecule has 1 fully saturated rings. The third-order valence-corrected chi connectivity index (χ3v) is 3.89. The van der Waals surface area contributed by atoms with Crippen LogP contribution in [-0.2, 0) is 14.8 Å². The zero-order chi connectivity index (χ0) is 14.0. The van der Waals surface area contributed by atoms with Gasteiger partial charge in [0.2, 0.25) is 15.9 Å². The molecule has 0 unspecified atom stereocenters. The average molecular weight is 290 g/mol. The molecule has 0 radical (unpaired) electrons. The summed E-state index contributed by atoms with van der Waals surface area (Å²) in [6, 6.07) is 2.05. The largest absolute Gasteiger partial charge is 0.352 e. The molecule has 19 heavy (non-hydrogen) atoms. The maximum atomic E-state index is 12.9. The normalized spacial score (nSPS) is 15.3. The van der Waals surface area contributed by atoms with Crippen LogP contribution in [0.5, 0.6) is 0 Å². The Labute approximate surface area is 109 Å². The van der Waals surface area contributed by atoms with Gasteiger partial charge in [-0.15, -0.1) is 0 Å². The monoisotopic (exact) mass is 290 g/mol. The van der Waals surface area contributed by atoms with Crippen LogP contribution in [0.15, 0.2) is 23.1 Å². The van der Waals surface area contributed by atoms with E-state index in [1.165, 1.54) is 0 Å². The standard InChI is InChI=1S/C11H12F2N2O3S/c12-7-3-8(13)5-10(4-7)19(17,18)14-6-11(16)15-9-1-2-9/h3-5,9,14H,1-2,6H2,(H,15,16). The van der Waals surface area contributed by atoms with E-state index >= 15 is 0 Å². The van der Waals surface area contributed by atoms with Crippen molar-refractivity contribution in [2.24, 2.45) is 0 Å². The second-order valence-corrected chi connectivity index (χ2v) is 6.04. The van der Waals surface area contributed by atoms with E-state index in [4.69, 9.17) is 0 Å². The maximum absolute atomic E-state index is 12.9. The zero-order valence-corrected chi connectivity index (χ0v) is 10.6. The summed E-state index contributed by atoms with van der Waals surface area (Å²) in [5.74, 6) is -2.46. The average Bonchev–Trinajstić information content (AvgIpc) is 3.09. The fraction of sp³-hybridized carbons (Fsp3) is 0.364. The molecule has 1 saturated carbocycles. The summed E-state index contributed by atoms with van der Waals surface area (Å²) in [5.41, 5.74) is 0. The predicted molar refractivity (Wildman–Crippen MR) is 62.7 cm³/mol. The van der Waals surface area contributed by atoms with Crippen molar-refractivity contribution in [3.05, 3.63) is 29.8 Å². The Kier molecular flexibility index (Phi) is 3.81. The van der Waals surface area contributed by atoms with Crippen LogP contribution in [0, 0.1) is 11.6 Å². The Morgan fingerprint density at radius 3 is 2.32 bits per heavy atom. The van der Waals surface area contributed by atoms with Gasteiger partial charge in [-0.3, -0.25) is 4.79 Å². The molecule has 0 saturated heterocycles. The number of carbonyl (C=O) groups excluding carboxylic acids is 1. The first kappa shape index (κ1) is 13.9. The molecule has 2 N–H and O–H groups in total. The molecule has 5 nitrogen and oxygen atoms in total. The van der Waals surface area contributed by atoms with E-state index in [-0.39, 0.29) is 6.04 Å². The minimum Gasteiger partial charge on any atom is -0.352 e. The van der Waals surface area contributed by atoms with Crippen molar-refractivity contribution in [2.45, 2.75) is 23.8 Å². The maximum Gasteiger partial charge on any atom is 0.241 e. The number of benzene rings is 1. The third kappa shape index (κ3) is 3.97. The molecule has 1 aliphatic carbocycles. The first-order valence-corrected chi connectivity index (χ1v) is 7.10. The first-order chi connectivity index (χ1) is 8.87. The van der Waals surface area contributed by atoms with Crippen LogP contribution < -0.4 is 10.0 Å². The van der Waals surface area contributed by atoms with Gasteiger partial charge in [0.25, 0.3) is 0 Å². The highest BCUT2D eigenvalue weighted by Gasteiger charge is 2.24. The number of amides is 1. The van der Waals surface area contributed by atoms with Crippen molar-refractivity contribution in [3.63, 3.8) is 0 Å². The van der Waals surface area contributed by atoms with Crippen molar-refractivity contribution in [2.75, 3.05) is 6.54 Å². The lowest BCUT2D eigenvalue weighted by atomic mass is 10.3. The number of hydrogen-bond donors (Lipinski definition) is 2. The number of halogens is 2. The Morgan fingerprint density at radius 2 is 1.79 bits per heavy atom. The van der Waals surface area contributed by atoms with Crippen molar-refractivity contribution < 1.29 is 22.0 Å². The van der Waals surface area contributed by atoms with Crippen LogP contribution in [0.2, 0.25) is 0 Å². The van der Waals surface area contributed by atoms with Gasteiger partial charge in [-0.1, -0.05) is 0 Å². The van der Waals surface area contributed by atoms with Crippen molar-refractivity contribution in [3.8, 4) is 0 Å². The van der Waals surface area contributed by atoms with Gasteiger partial charge in [-0.25, -0.2) is 21.9 Å². The van der Waals surface area contributed by atoms with E-state index in [2.05, 4.69) is 5.32 Å². The quantitative estimate of drug-likeness (QED) is 0.830. The molecule has 0 aromatic heterocycles. The molecule has 0 atom stereocenters. The Morgan fingerprint density at radius 1 is 1.21 bits per heavy atom. The highest BCUT2D eigenvalue weighted by Crippen LogP contribution is 2.18. The molecular weight excluding hydrogens is 278 g/mol. The Hall–Kier alpha value is -1.54. The van der Waals surface area contributed by atoms with Crippen LogP contribution in [0.25, 0.3) is 0 Å². The predicted octanol–water partition coefficient (Wildman–Crippen LogP) is 0.522. The van der Waals surface area contributed by atoms with Gasteiger partial charge in [0.05, 0.1) is 11.4 Å². The SMILES string of the molecule is O=C(CNS(=O)(=O)c1cc(F)cc(F)c1)NC1CC1. The molecular formula is C11H12F2N2O3S. The van der Waals surface area contributed by atoms with Gasteiger partial charge < -0.3 is 5.32 Å².